The van der Waals surface area contributed by atoms with Crippen LogP contribution < -0.4 is 10.1 Å². The largest absolute Gasteiger partial charge is 0.484 e. The van der Waals surface area contributed by atoms with Crippen molar-refractivity contribution in [2.24, 2.45) is 0 Å². The third-order valence-electron chi connectivity index (χ3n) is 3.60. The Balaban J connectivity index is 1.56. The van der Waals surface area contributed by atoms with E-state index in [9.17, 15) is 4.79 Å². The molecule has 0 fully saturated rings. The van der Waals surface area contributed by atoms with E-state index >= 15 is 0 Å². The maximum Gasteiger partial charge on any atom is 0.264 e. The van der Waals surface area contributed by atoms with E-state index in [-0.39, 0.29) is 12.5 Å². The summed E-state index contributed by atoms with van der Waals surface area (Å²) >= 11 is 1.37. The van der Waals surface area contributed by atoms with E-state index < -0.39 is 0 Å². The number of pyridine rings is 1. The Hall–Kier alpha value is -2.73. The van der Waals surface area contributed by atoms with Crippen molar-refractivity contribution in [1.29, 1.82) is 0 Å². The number of benzene rings is 1. The van der Waals surface area contributed by atoms with Crippen LogP contribution in [-0.4, -0.2) is 22.5 Å². The van der Waals surface area contributed by atoms with Crippen LogP contribution in [0.1, 0.15) is 25.3 Å². The standard InChI is InChI=1S/C19H19N3O2S/c1-13(2)14-5-3-7-16(9-14)24-11-18(23)22-19-21-17(12-25-19)15-6-4-8-20-10-15/h3-10,12-13H,11H2,1-2H3,(H,21,22,23). The van der Waals surface area contributed by atoms with Crippen LogP contribution in [0, 0.1) is 0 Å². The Kier molecular flexibility index (Phi) is 5.40. The average molecular weight is 353 g/mol. The van der Waals surface area contributed by atoms with Crippen molar-refractivity contribution in [3.63, 3.8) is 0 Å². The van der Waals surface area contributed by atoms with Crippen LogP contribution in [0.3, 0.4) is 0 Å². The zero-order valence-electron chi connectivity index (χ0n) is 14.1. The van der Waals surface area contributed by atoms with Crippen molar-refractivity contribution in [3.05, 3.63) is 59.7 Å². The van der Waals surface area contributed by atoms with Gasteiger partial charge in [-0.2, -0.15) is 0 Å². The Morgan fingerprint density at radius 1 is 1.28 bits per heavy atom. The summed E-state index contributed by atoms with van der Waals surface area (Å²) in [6.45, 7) is 4.19. The highest BCUT2D eigenvalue weighted by atomic mass is 32.1. The molecule has 0 aliphatic rings. The summed E-state index contributed by atoms with van der Waals surface area (Å²) in [6, 6.07) is 11.6. The molecule has 0 saturated carbocycles. The maximum atomic E-state index is 12.1. The number of anilines is 1. The third kappa shape index (κ3) is 4.64. The molecule has 0 aliphatic heterocycles. The van der Waals surface area contributed by atoms with Gasteiger partial charge < -0.3 is 4.74 Å². The van der Waals surface area contributed by atoms with Gasteiger partial charge >= 0.3 is 0 Å². The highest BCUT2D eigenvalue weighted by Gasteiger charge is 2.09. The molecule has 0 aliphatic carbocycles. The Morgan fingerprint density at radius 2 is 2.16 bits per heavy atom. The minimum absolute atomic E-state index is 0.0522. The Morgan fingerprint density at radius 3 is 2.92 bits per heavy atom. The van der Waals surface area contributed by atoms with Crippen molar-refractivity contribution in [3.8, 4) is 17.0 Å². The number of carbonyl (C=O) groups excluding carboxylic acids is 1. The Bertz CT molecular complexity index is 847. The smallest absolute Gasteiger partial charge is 0.264 e. The number of nitrogens with zero attached hydrogens (tertiary/aromatic N) is 2. The van der Waals surface area contributed by atoms with Crippen LogP contribution >= 0.6 is 11.3 Å². The molecule has 0 spiro atoms. The van der Waals surface area contributed by atoms with Gasteiger partial charge in [-0.05, 0) is 35.7 Å². The van der Waals surface area contributed by atoms with Crippen LogP contribution in [0.25, 0.3) is 11.3 Å². The molecule has 128 valence electrons. The molecule has 1 amide bonds. The second-order valence-electron chi connectivity index (χ2n) is 5.84. The number of amides is 1. The zero-order valence-corrected chi connectivity index (χ0v) is 14.9. The van der Waals surface area contributed by atoms with Crippen molar-refractivity contribution in [1.82, 2.24) is 9.97 Å². The normalized spacial score (nSPS) is 10.7. The highest BCUT2D eigenvalue weighted by molar-refractivity contribution is 7.14. The molecule has 0 unspecified atom stereocenters. The van der Waals surface area contributed by atoms with Gasteiger partial charge in [-0.15, -0.1) is 11.3 Å². The van der Waals surface area contributed by atoms with Crippen LogP contribution in [0.2, 0.25) is 0 Å². The van der Waals surface area contributed by atoms with E-state index in [2.05, 4.69) is 29.1 Å². The van der Waals surface area contributed by atoms with E-state index in [1.54, 1.807) is 12.4 Å². The fourth-order valence-electron chi connectivity index (χ4n) is 2.25. The molecule has 1 N–H and O–H groups in total. The van der Waals surface area contributed by atoms with Crippen molar-refractivity contribution < 1.29 is 9.53 Å². The van der Waals surface area contributed by atoms with E-state index in [1.165, 1.54) is 16.9 Å². The number of ether oxygens (including phenoxy) is 1. The second-order valence-corrected chi connectivity index (χ2v) is 6.70. The number of hydrogen-bond acceptors (Lipinski definition) is 5. The minimum atomic E-state index is -0.234. The lowest BCUT2D eigenvalue weighted by molar-refractivity contribution is -0.118. The van der Waals surface area contributed by atoms with Crippen molar-refractivity contribution in [2.45, 2.75) is 19.8 Å². The molecule has 0 atom stereocenters. The first kappa shape index (κ1) is 17.1. The molecule has 6 heteroatoms. The number of thiazole rings is 1. The maximum absolute atomic E-state index is 12.1. The molecule has 0 radical (unpaired) electrons. The SMILES string of the molecule is CC(C)c1cccc(OCC(=O)Nc2nc(-c3cccnc3)cs2)c1. The third-order valence-corrected chi connectivity index (χ3v) is 4.36. The molecule has 0 bridgehead atoms. The Labute approximate surface area is 150 Å². The first-order chi connectivity index (χ1) is 12.1. The van der Waals surface area contributed by atoms with Gasteiger partial charge in [0, 0.05) is 23.3 Å². The molecule has 2 aromatic heterocycles. The predicted molar refractivity (Wildman–Crippen MR) is 100 cm³/mol. The van der Waals surface area contributed by atoms with Gasteiger partial charge in [0.15, 0.2) is 11.7 Å². The monoisotopic (exact) mass is 353 g/mol. The molecular formula is C19H19N3O2S. The van der Waals surface area contributed by atoms with Gasteiger partial charge in [-0.25, -0.2) is 4.98 Å². The van der Waals surface area contributed by atoms with Gasteiger partial charge in [0.2, 0.25) is 0 Å². The average Bonchev–Trinajstić information content (AvgIpc) is 3.09. The van der Waals surface area contributed by atoms with Gasteiger partial charge in [0.25, 0.3) is 5.91 Å². The molecule has 2 heterocycles. The lowest BCUT2D eigenvalue weighted by Gasteiger charge is -2.09. The van der Waals surface area contributed by atoms with Crippen LogP contribution in [0.15, 0.2) is 54.2 Å². The van der Waals surface area contributed by atoms with Crippen LogP contribution in [0.4, 0.5) is 5.13 Å². The molecular weight excluding hydrogens is 334 g/mol. The summed E-state index contributed by atoms with van der Waals surface area (Å²) in [5, 5.41) is 5.20. The number of aromatic nitrogens is 2. The van der Waals surface area contributed by atoms with Crippen LogP contribution in [0.5, 0.6) is 5.75 Å². The number of carbonyl (C=O) groups is 1. The first-order valence-electron chi connectivity index (χ1n) is 8.00. The minimum Gasteiger partial charge on any atom is -0.484 e. The zero-order chi connectivity index (χ0) is 17.6. The topological polar surface area (TPSA) is 64.1 Å². The van der Waals surface area contributed by atoms with Gasteiger partial charge in [-0.3, -0.25) is 15.1 Å². The summed E-state index contributed by atoms with van der Waals surface area (Å²) in [5.74, 6) is 0.872. The van der Waals surface area contributed by atoms with Crippen molar-refractivity contribution in [2.75, 3.05) is 11.9 Å². The van der Waals surface area contributed by atoms with Gasteiger partial charge in [0.05, 0.1) is 5.69 Å². The molecule has 3 aromatic rings. The molecule has 1 aromatic carbocycles. The van der Waals surface area contributed by atoms with E-state index in [4.69, 9.17) is 4.74 Å². The summed E-state index contributed by atoms with van der Waals surface area (Å²) in [7, 11) is 0. The lowest BCUT2D eigenvalue weighted by Crippen LogP contribution is -2.20. The number of nitrogens with one attached hydrogen (secondary N) is 1. The van der Waals surface area contributed by atoms with Crippen LogP contribution in [-0.2, 0) is 4.79 Å². The molecule has 3 rings (SSSR count). The summed E-state index contributed by atoms with van der Waals surface area (Å²) < 4.78 is 5.58. The lowest BCUT2D eigenvalue weighted by atomic mass is 10.0. The summed E-state index contributed by atoms with van der Waals surface area (Å²) in [5.41, 5.74) is 2.89. The summed E-state index contributed by atoms with van der Waals surface area (Å²) in [4.78, 5) is 20.5. The van der Waals surface area contributed by atoms with Crippen molar-refractivity contribution >= 4 is 22.4 Å². The fourth-order valence-corrected chi connectivity index (χ4v) is 2.98. The number of hydrogen-bond donors (Lipinski definition) is 1. The molecule has 5 nitrogen and oxygen atoms in total. The van der Waals surface area contributed by atoms with Gasteiger partial charge in [0.1, 0.15) is 5.75 Å². The number of rotatable bonds is 6. The highest BCUT2D eigenvalue weighted by Crippen LogP contribution is 2.24. The van der Waals surface area contributed by atoms with Gasteiger partial charge in [-0.1, -0.05) is 26.0 Å². The fraction of sp³-hybridized carbons (Fsp3) is 0.211. The first-order valence-corrected chi connectivity index (χ1v) is 8.88. The molecule has 25 heavy (non-hydrogen) atoms. The quantitative estimate of drug-likeness (QED) is 0.716. The van der Waals surface area contributed by atoms with E-state index in [0.29, 0.717) is 16.8 Å². The summed E-state index contributed by atoms with van der Waals surface area (Å²) in [6.07, 6.45) is 3.45. The predicted octanol–water partition coefficient (Wildman–Crippen LogP) is 4.35. The molecule has 0 saturated heterocycles. The van der Waals surface area contributed by atoms with E-state index in [1.807, 2.05) is 41.8 Å². The van der Waals surface area contributed by atoms with E-state index in [0.717, 1.165) is 11.3 Å². The second kappa shape index (κ2) is 7.90.